The van der Waals surface area contributed by atoms with Gasteiger partial charge in [0.1, 0.15) is 5.54 Å². The van der Waals surface area contributed by atoms with E-state index in [0.717, 1.165) is 13.1 Å². The van der Waals surface area contributed by atoms with Crippen molar-refractivity contribution in [2.24, 2.45) is 0 Å². The molecule has 1 aliphatic heterocycles. The van der Waals surface area contributed by atoms with Crippen LogP contribution in [-0.2, 0) is 0 Å². The number of hydrogen-bond acceptors (Lipinski definition) is 3. The summed E-state index contributed by atoms with van der Waals surface area (Å²) in [6.45, 7) is 1.60. The highest BCUT2D eigenvalue weighted by Gasteiger charge is 2.35. The van der Waals surface area contributed by atoms with E-state index in [2.05, 4.69) is 21.6 Å². The van der Waals surface area contributed by atoms with Gasteiger partial charge in [-0.15, -0.1) is 0 Å². The number of halogens is 1. The first-order chi connectivity index (χ1) is 9.53. The Morgan fingerprint density at radius 3 is 2.50 bits per heavy atom. The van der Waals surface area contributed by atoms with Gasteiger partial charge in [-0.3, -0.25) is 0 Å². The molecule has 0 unspecified atom stereocenters. The van der Waals surface area contributed by atoms with E-state index in [9.17, 15) is 10.1 Å². The van der Waals surface area contributed by atoms with Crippen LogP contribution in [0.1, 0.15) is 12.8 Å². The highest BCUT2D eigenvalue weighted by molar-refractivity contribution is 6.30. The summed E-state index contributed by atoms with van der Waals surface area (Å²) in [5.74, 6) is 0. The van der Waals surface area contributed by atoms with E-state index in [0.29, 0.717) is 23.6 Å². The van der Waals surface area contributed by atoms with Crippen LogP contribution in [0, 0.1) is 11.3 Å². The van der Waals surface area contributed by atoms with E-state index < -0.39 is 5.54 Å². The van der Waals surface area contributed by atoms with Crippen LogP contribution in [-0.4, -0.2) is 36.6 Å². The summed E-state index contributed by atoms with van der Waals surface area (Å²) < 4.78 is 0. The first-order valence-corrected chi connectivity index (χ1v) is 6.85. The number of rotatable bonds is 2. The SMILES string of the molecule is CN1CCC(C#N)(NC(=O)Nc2ccc(Cl)cc2)CC1. The normalized spacial score (nSPS) is 18.1. The van der Waals surface area contributed by atoms with Crippen molar-refractivity contribution in [3.05, 3.63) is 29.3 Å². The Hall–Kier alpha value is -1.77. The number of carbonyl (C=O) groups excluding carboxylic acids is 1. The van der Waals surface area contributed by atoms with E-state index in [4.69, 9.17) is 11.6 Å². The molecule has 6 heteroatoms. The fraction of sp³-hybridized carbons (Fsp3) is 0.429. The first kappa shape index (κ1) is 14.6. The number of likely N-dealkylation sites (tertiary alicyclic amines) is 1. The van der Waals surface area contributed by atoms with Gasteiger partial charge in [0.2, 0.25) is 0 Å². The van der Waals surface area contributed by atoms with Crippen LogP contribution in [0.3, 0.4) is 0 Å². The summed E-state index contributed by atoms with van der Waals surface area (Å²) in [5, 5.41) is 15.5. The summed E-state index contributed by atoms with van der Waals surface area (Å²) in [7, 11) is 2.01. The molecule has 0 radical (unpaired) electrons. The first-order valence-electron chi connectivity index (χ1n) is 6.47. The van der Waals surface area contributed by atoms with Crippen LogP contribution < -0.4 is 10.6 Å². The van der Waals surface area contributed by atoms with Gasteiger partial charge in [-0.1, -0.05) is 11.6 Å². The van der Waals surface area contributed by atoms with Crippen molar-refractivity contribution in [3.8, 4) is 6.07 Å². The van der Waals surface area contributed by atoms with Gasteiger partial charge in [0.15, 0.2) is 0 Å². The van der Waals surface area contributed by atoms with Gasteiger partial charge >= 0.3 is 6.03 Å². The Balaban J connectivity index is 1.96. The quantitative estimate of drug-likeness (QED) is 0.880. The highest BCUT2D eigenvalue weighted by Crippen LogP contribution is 2.21. The predicted octanol–water partition coefficient (Wildman–Crippen LogP) is 2.45. The lowest BCUT2D eigenvalue weighted by atomic mass is 9.89. The molecule has 0 bridgehead atoms. The smallest absolute Gasteiger partial charge is 0.319 e. The summed E-state index contributed by atoms with van der Waals surface area (Å²) in [4.78, 5) is 14.1. The lowest BCUT2D eigenvalue weighted by Crippen LogP contribution is -2.54. The molecule has 0 aromatic heterocycles. The minimum atomic E-state index is -0.775. The lowest BCUT2D eigenvalue weighted by Gasteiger charge is -2.35. The molecule has 1 fully saturated rings. The van der Waals surface area contributed by atoms with Gasteiger partial charge in [0, 0.05) is 23.8 Å². The lowest BCUT2D eigenvalue weighted by molar-refractivity contribution is 0.193. The third kappa shape index (κ3) is 3.62. The van der Waals surface area contributed by atoms with Crippen LogP contribution in [0.2, 0.25) is 5.02 Å². The Morgan fingerprint density at radius 1 is 1.35 bits per heavy atom. The number of piperidine rings is 1. The second-order valence-corrected chi connectivity index (χ2v) is 5.52. The minimum absolute atomic E-state index is 0.363. The second kappa shape index (κ2) is 6.12. The van der Waals surface area contributed by atoms with Gasteiger partial charge in [0.25, 0.3) is 0 Å². The van der Waals surface area contributed by atoms with E-state index in [-0.39, 0.29) is 6.03 Å². The molecule has 1 heterocycles. The molecule has 0 atom stereocenters. The molecule has 2 amide bonds. The van der Waals surface area contributed by atoms with Crippen LogP contribution in [0.25, 0.3) is 0 Å². The number of benzene rings is 1. The van der Waals surface area contributed by atoms with Crippen LogP contribution in [0.5, 0.6) is 0 Å². The molecular weight excluding hydrogens is 276 g/mol. The molecule has 0 saturated carbocycles. The van der Waals surface area contributed by atoms with Crippen LogP contribution in [0.4, 0.5) is 10.5 Å². The van der Waals surface area contributed by atoms with Crippen molar-refractivity contribution in [1.82, 2.24) is 10.2 Å². The molecule has 1 aliphatic rings. The predicted molar refractivity (Wildman–Crippen MR) is 78.7 cm³/mol. The largest absolute Gasteiger partial charge is 0.320 e. The molecular formula is C14H17ClN4O. The van der Waals surface area contributed by atoms with Crippen LogP contribution >= 0.6 is 11.6 Å². The number of amides is 2. The van der Waals surface area contributed by atoms with Crippen molar-refractivity contribution in [2.75, 3.05) is 25.5 Å². The van der Waals surface area contributed by atoms with Gasteiger partial charge in [-0.2, -0.15) is 5.26 Å². The summed E-state index contributed by atoms with van der Waals surface area (Å²) in [6.07, 6.45) is 1.27. The molecule has 20 heavy (non-hydrogen) atoms. The number of urea groups is 1. The average Bonchev–Trinajstić information content (AvgIpc) is 2.44. The zero-order chi connectivity index (χ0) is 14.6. The van der Waals surface area contributed by atoms with Gasteiger partial charge < -0.3 is 15.5 Å². The van der Waals surface area contributed by atoms with Crippen LogP contribution in [0.15, 0.2) is 24.3 Å². The van der Waals surface area contributed by atoms with E-state index in [1.807, 2.05) is 7.05 Å². The number of nitrogens with zero attached hydrogens (tertiary/aromatic N) is 2. The molecule has 106 valence electrons. The van der Waals surface area contributed by atoms with Crippen molar-refractivity contribution in [2.45, 2.75) is 18.4 Å². The molecule has 0 spiro atoms. The molecule has 2 rings (SSSR count). The maximum Gasteiger partial charge on any atom is 0.320 e. The molecule has 1 aromatic carbocycles. The van der Waals surface area contributed by atoms with E-state index >= 15 is 0 Å². The number of anilines is 1. The third-order valence-corrected chi connectivity index (χ3v) is 3.76. The standard InChI is InChI=1S/C14H17ClN4O/c1-19-8-6-14(10-16,7-9-19)18-13(20)17-12-4-2-11(15)3-5-12/h2-5H,6-9H2,1H3,(H2,17,18,20). The maximum atomic E-state index is 12.0. The topological polar surface area (TPSA) is 68.2 Å². The second-order valence-electron chi connectivity index (χ2n) is 5.08. The molecule has 1 saturated heterocycles. The Kier molecular flexibility index (Phi) is 4.48. The molecule has 5 nitrogen and oxygen atoms in total. The van der Waals surface area contributed by atoms with E-state index in [1.165, 1.54) is 0 Å². The summed E-state index contributed by atoms with van der Waals surface area (Å²) in [6, 6.07) is 8.72. The number of carbonyl (C=O) groups is 1. The maximum absolute atomic E-state index is 12.0. The third-order valence-electron chi connectivity index (χ3n) is 3.51. The minimum Gasteiger partial charge on any atom is -0.319 e. The van der Waals surface area contributed by atoms with Gasteiger partial charge in [0.05, 0.1) is 6.07 Å². The van der Waals surface area contributed by atoms with Crippen molar-refractivity contribution in [3.63, 3.8) is 0 Å². The number of nitriles is 1. The zero-order valence-electron chi connectivity index (χ0n) is 11.3. The highest BCUT2D eigenvalue weighted by atomic mass is 35.5. The molecule has 0 aliphatic carbocycles. The number of nitrogens with one attached hydrogen (secondary N) is 2. The van der Waals surface area contributed by atoms with Gasteiger partial charge in [-0.25, -0.2) is 4.79 Å². The molecule has 1 aromatic rings. The number of hydrogen-bond donors (Lipinski definition) is 2. The van der Waals surface area contributed by atoms with Gasteiger partial charge in [-0.05, 0) is 44.2 Å². The molecule has 2 N–H and O–H groups in total. The Bertz CT molecular complexity index is 515. The summed E-state index contributed by atoms with van der Waals surface area (Å²) >= 11 is 5.79. The Labute approximate surface area is 123 Å². The van der Waals surface area contributed by atoms with Crippen molar-refractivity contribution in [1.29, 1.82) is 5.26 Å². The van der Waals surface area contributed by atoms with Crippen molar-refractivity contribution >= 4 is 23.3 Å². The van der Waals surface area contributed by atoms with Crippen molar-refractivity contribution < 1.29 is 4.79 Å². The summed E-state index contributed by atoms with van der Waals surface area (Å²) in [5.41, 5.74) is -0.129. The average molecular weight is 293 g/mol. The van der Waals surface area contributed by atoms with E-state index in [1.54, 1.807) is 24.3 Å². The fourth-order valence-electron chi connectivity index (χ4n) is 2.18. The monoisotopic (exact) mass is 292 g/mol. The fourth-order valence-corrected chi connectivity index (χ4v) is 2.30. The zero-order valence-corrected chi connectivity index (χ0v) is 12.1. The Morgan fingerprint density at radius 2 is 1.95 bits per heavy atom.